The zero-order valence-electron chi connectivity index (χ0n) is 17.2. The predicted molar refractivity (Wildman–Crippen MR) is 119 cm³/mol. The van der Waals surface area contributed by atoms with Crippen molar-refractivity contribution in [2.75, 3.05) is 33.3 Å². The number of benzene rings is 1. The van der Waals surface area contributed by atoms with Crippen molar-refractivity contribution >= 4 is 44.8 Å². The SMILES string of the molecule is COc1ccc(C(CC(=O)N2CCN(S(=O)(=O)c3ccc(Cl)s3)CC2)NC(C)=O)cc1. The Hall–Kier alpha value is -2.14. The van der Waals surface area contributed by atoms with Crippen molar-refractivity contribution in [3.63, 3.8) is 0 Å². The van der Waals surface area contributed by atoms with Gasteiger partial charge in [0.1, 0.15) is 9.96 Å². The van der Waals surface area contributed by atoms with Gasteiger partial charge in [0.25, 0.3) is 10.0 Å². The Morgan fingerprint density at radius 3 is 2.29 bits per heavy atom. The molecule has 1 N–H and O–H groups in total. The first-order valence-electron chi connectivity index (χ1n) is 9.65. The van der Waals surface area contributed by atoms with Crippen LogP contribution in [-0.4, -0.2) is 62.7 Å². The van der Waals surface area contributed by atoms with Gasteiger partial charge in [0, 0.05) is 33.1 Å². The van der Waals surface area contributed by atoms with E-state index >= 15 is 0 Å². The van der Waals surface area contributed by atoms with Crippen LogP contribution in [0.1, 0.15) is 24.9 Å². The molecule has 168 valence electrons. The van der Waals surface area contributed by atoms with Crippen LogP contribution in [0.15, 0.2) is 40.6 Å². The van der Waals surface area contributed by atoms with Gasteiger partial charge in [-0.25, -0.2) is 8.42 Å². The molecule has 1 unspecified atom stereocenters. The topological polar surface area (TPSA) is 96.0 Å². The summed E-state index contributed by atoms with van der Waals surface area (Å²) in [6.07, 6.45) is 0.0825. The van der Waals surface area contributed by atoms with Crippen molar-refractivity contribution in [3.05, 3.63) is 46.3 Å². The van der Waals surface area contributed by atoms with Gasteiger partial charge in [0.2, 0.25) is 11.8 Å². The van der Waals surface area contributed by atoms with E-state index in [4.69, 9.17) is 16.3 Å². The van der Waals surface area contributed by atoms with E-state index in [1.807, 2.05) is 12.1 Å². The fraction of sp³-hybridized carbons (Fsp3) is 0.400. The molecule has 0 saturated carbocycles. The van der Waals surface area contributed by atoms with E-state index in [0.717, 1.165) is 16.9 Å². The molecule has 0 aliphatic carbocycles. The maximum atomic E-state index is 12.9. The molecule has 3 rings (SSSR count). The van der Waals surface area contributed by atoms with Crippen molar-refractivity contribution < 1.29 is 22.7 Å². The second-order valence-electron chi connectivity index (χ2n) is 7.07. The molecule has 8 nitrogen and oxygen atoms in total. The lowest BCUT2D eigenvalue weighted by Crippen LogP contribution is -2.50. The van der Waals surface area contributed by atoms with E-state index in [1.54, 1.807) is 30.2 Å². The Bertz CT molecular complexity index is 1030. The summed E-state index contributed by atoms with van der Waals surface area (Å²) < 4.78 is 32.6. The molecule has 0 bridgehead atoms. The summed E-state index contributed by atoms with van der Waals surface area (Å²) in [7, 11) is -2.05. The highest BCUT2D eigenvalue weighted by Gasteiger charge is 2.32. The summed E-state index contributed by atoms with van der Waals surface area (Å²) in [5.74, 6) is 0.297. The highest BCUT2D eigenvalue weighted by Crippen LogP contribution is 2.29. The lowest BCUT2D eigenvalue weighted by Gasteiger charge is -2.34. The van der Waals surface area contributed by atoms with E-state index in [9.17, 15) is 18.0 Å². The van der Waals surface area contributed by atoms with Crippen molar-refractivity contribution in [1.29, 1.82) is 0 Å². The van der Waals surface area contributed by atoms with Gasteiger partial charge in [0.15, 0.2) is 0 Å². The van der Waals surface area contributed by atoms with E-state index in [-0.39, 0.29) is 48.6 Å². The molecule has 11 heteroatoms. The van der Waals surface area contributed by atoms with E-state index in [2.05, 4.69) is 5.32 Å². The predicted octanol–water partition coefficient (Wildman–Crippen LogP) is 2.51. The molecular formula is C20H24ClN3O5S2. The van der Waals surface area contributed by atoms with Gasteiger partial charge < -0.3 is 15.0 Å². The summed E-state index contributed by atoms with van der Waals surface area (Å²) in [6.45, 7) is 2.38. The van der Waals surface area contributed by atoms with Crippen LogP contribution in [0.2, 0.25) is 4.34 Å². The first-order chi connectivity index (χ1) is 14.7. The van der Waals surface area contributed by atoms with Gasteiger partial charge in [0.05, 0.1) is 23.9 Å². The number of amides is 2. The fourth-order valence-corrected chi connectivity index (χ4v) is 6.44. The third kappa shape index (κ3) is 5.76. The van der Waals surface area contributed by atoms with E-state index < -0.39 is 16.1 Å². The van der Waals surface area contributed by atoms with E-state index in [0.29, 0.717) is 10.1 Å². The zero-order valence-corrected chi connectivity index (χ0v) is 19.6. The number of ether oxygens (including phenoxy) is 1. The number of nitrogens with one attached hydrogen (secondary N) is 1. The maximum Gasteiger partial charge on any atom is 0.252 e. The number of rotatable bonds is 7. The summed E-state index contributed by atoms with van der Waals surface area (Å²) in [5, 5.41) is 2.82. The molecule has 31 heavy (non-hydrogen) atoms. The normalized spacial score (nSPS) is 16.0. The summed E-state index contributed by atoms with van der Waals surface area (Å²) in [6, 6.07) is 9.73. The zero-order chi connectivity index (χ0) is 22.6. The lowest BCUT2D eigenvalue weighted by atomic mass is 10.0. The van der Waals surface area contributed by atoms with Crippen LogP contribution in [0.4, 0.5) is 0 Å². The number of hydrogen-bond acceptors (Lipinski definition) is 6. The molecule has 1 fully saturated rings. The molecule has 1 aromatic heterocycles. The second-order valence-corrected chi connectivity index (χ2v) is 11.0. The molecule has 2 amide bonds. The monoisotopic (exact) mass is 485 g/mol. The van der Waals surface area contributed by atoms with Crippen LogP contribution in [0.3, 0.4) is 0 Å². The van der Waals surface area contributed by atoms with Crippen molar-refractivity contribution in [2.45, 2.75) is 23.6 Å². The fourth-order valence-electron chi connectivity index (χ4n) is 3.38. The number of piperazine rings is 1. The molecule has 1 aliphatic rings. The smallest absolute Gasteiger partial charge is 0.252 e. The Balaban J connectivity index is 1.63. The average Bonchev–Trinajstić information content (AvgIpc) is 3.20. The van der Waals surface area contributed by atoms with Gasteiger partial charge in [-0.3, -0.25) is 9.59 Å². The molecule has 2 heterocycles. The van der Waals surface area contributed by atoms with Gasteiger partial charge in [-0.2, -0.15) is 4.31 Å². The largest absolute Gasteiger partial charge is 0.497 e. The lowest BCUT2D eigenvalue weighted by molar-refractivity contribution is -0.133. The van der Waals surface area contributed by atoms with E-state index in [1.165, 1.54) is 17.3 Å². The number of methoxy groups -OCH3 is 1. The quantitative estimate of drug-likeness (QED) is 0.650. The number of hydrogen-bond donors (Lipinski definition) is 1. The number of carbonyl (C=O) groups excluding carboxylic acids is 2. The van der Waals surface area contributed by atoms with Crippen molar-refractivity contribution in [1.82, 2.24) is 14.5 Å². The second kappa shape index (κ2) is 9.99. The van der Waals surface area contributed by atoms with Crippen LogP contribution in [0.5, 0.6) is 5.75 Å². The summed E-state index contributed by atoms with van der Waals surface area (Å²) >= 11 is 6.88. The molecule has 1 aliphatic heterocycles. The Morgan fingerprint density at radius 2 is 1.77 bits per heavy atom. The molecule has 1 atom stereocenters. The average molecular weight is 486 g/mol. The number of nitrogens with zero attached hydrogens (tertiary/aromatic N) is 2. The first-order valence-corrected chi connectivity index (χ1v) is 12.3. The van der Waals surface area contributed by atoms with Gasteiger partial charge >= 0.3 is 0 Å². The van der Waals surface area contributed by atoms with Crippen LogP contribution < -0.4 is 10.1 Å². The van der Waals surface area contributed by atoms with Crippen LogP contribution in [0.25, 0.3) is 0 Å². The van der Waals surface area contributed by atoms with Crippen LogP contribution >= 0.6 is 22.9 Å². The van der Waals surface area contributed by atoms with Crippen LogP contribution in [0, 0.1) is 0 Å². The molecule has 1 aromatic carbocycles. The molecular weight excluding hydrogens is 462 g/mol. The van der Waals surface area contributed by atoms with Gasteiger partial charge in [-0.1, -0.05) is 23.7 Å². The van der Waals surface area contributed by atoms with Crippen molar-refractivity contribution in [3.8, 4) is 5.75 Å². The Labute approximate surface area is 190 Å². The number of halogens is 1. The summed E-state index contributed by atoms with van der Waals surface area (Å²) in [5.41, 5.74) is 0.792. The highest BCUT2D eigenvalue weighted by atomic mass is 35.5. The highest BCUT2D eigenvalue weighted by molar-refractivity contribution is 7.91. The Kier molecular flexibility index (Phi) is 7.58. The number of thiophene rings is 1. The molecule has 0 radical (unpaired) electrons. The minimum Gasteiger partial charge on any atom is -0.497 e. The van der Waals surface area contributed by atoms with Crippen LogP contribution in [-0.2, 0) is 19.6 Å². The van der Waals surface area contributed by atoms with Gasteiger partial charge in [-0.15, -0.1) is 11.3 Å². The maximum absolute atomic E-state index is 12.9. The standard InChI is InChI=1S/C20H24ClN3O5S2/c1-14(25)22-17(15-3-5-16(29-2)6-4-15)13-19(26)23-9-11-24(12-10-23)31(27,28)20-8-7-18(21)30-20/h3-8,17H,9-13H2,1-2H3,(H,22,25). The number of carbonyl (C=O) groups is 2. The summed E-state index contributed by atoms with van der Waals surface area (Å²) in [4.78, 5) is 26.2. The molecule has 2 aromatic rings. The minimum absolute atomic E-state index is 0.0825. The van der Waals surface area contributed by atoms with Gasteiger partial charge in [-0.05, 0) is 29.8 Å². The third-order valence-corrected chi connectivity index (χ3v) is 8.61. The Morgan fingerprint density at radius 1 is 1.13 bits per heavy atom. The minimum atomic E-state index is -3.62. The first kappa shape index (κ1) is 23.5. The third-order valence-electron chi connectivity index (χ3n) is 5.01. The van der Waals surface area contributed by atoms with Crippen molar-refractivity contribution in [2.24, 2.45) is 0 Å². The molecule has 0 spiro atoms. The number of sulfonamides is 1. The molecule has 1 saturated heterocycles.